The summed E-state index contributed by atoms with van der Waals surface area (Å²) in [5.41, 5.74) is -1.84. The maximum Gasteiger partial charge on any atom is 0.186 e. The molecule has 0 aliphatic heterocycles. The number of halogens is 2. The van der Waals surface area contributed by atoms with E-state index in [0.29, 0.717) is 6.07 Å². The van der Waals surface area contributed by atoms with Crippen molar-refractivity contribution in [3.05, 3.63) is 48.1 Å². The third kappa shape index (κ3) is 3.50. The second kappa shape index (κ2) is 6.53. The Bertz CT molecular complexity index is 666. The van der Waals surface area contributed by atoms with Crippen molar-refractivity contribution < 1.29 is 18.7 Å². The molecule has 0 unspecified atom stereocenters. The Morgan fingerprint density at radius 3 is 2.77 bits per heavy atom. The molecule has 0 radical (unpaired) electrons. The van der Waals surface area contributed by atoms with Crippen LogP contribution in [0, 0.1) is 11.6 Å². The van der Waals surface area contributed by atoms with Crippen molar-refractivity contribution >= 4 is 16.9 Å². The quantitative estimate of drug-likeness (QED) is 0.911. The number of nitrogens with zero attached hydrogens (tertiary/aromatic N) is 3. The number of carbonyl (C=O) groups is 1. The highest BCUT2D eigenvalue weighted by Gasteiger charge is 2.40. The van der Waals surface area contributed by atoms with Crippen LogP contribution in [0.3, 0.4) is 0 Å². The van der Waals surface area contributed by atoms with Crippen molar-refractivity contribution in [1.82, 2.24) is 14.8 Å². The van der Waals surface area contributed by atoms with Gasteiger partial charge in [-0.2, -0.15) is 5.10 Å². The van der Waals surface area contributed by atoms with Gasteiger partial charge in [-0.1, -0.05) is 17.8 Å². The molecule has 2 aromatic rings. The van der Waals surface area contributed by atoms with Gasteiger partial charge < -0.3 is 5.11 Å². The van der Waals surface area contributed by atoms with Crippen LogP contribution in [0.4, 0.5) is 8.78 Å². The van der Waals surface area contributed by atoms with E-state index in [1.54, 1.807) is 6.92 Å². The smallest absolute Gasteiger partial charge is 0.186 e. The minimum Gasteiger partial charge on any atom is -0.382 e. The summed E-state index contributed by atoms with van der Waals surface area (Å²) in [5.74, 6) is -1.62. The van der Waals surface area contributed by atoms with Gasteiger partial charge in [0, 0.05) is 23.8 Å². The van der Waals surface area contributed by atoms with Gasteiger partial charge in [-0.05, 0) is 13.0 Å². The lowest BCUT2D eigenvalue weighted by atomic mass is 9.90. The van der Waals surface area contributed by atoms with Crippen molar-refractivity contribution in [3.8, 4) is 0 Å². The van der Waals surface area contributed by atoms with Crippen molar-refractivity contribution in [2.75, 3.05) is 0 Å². The minimum absolute atomic E-state index is 0.0920. The molecule has 1 aromatic carbocycles. The summed E-state index contributed by atoms with van der Waals surface area (Å²) in [5, 5.41) is 14.0. The second-order valence-electron chi connectivity index (χ2n) is 4.89. The first-order valence-corrected chi connectivity index (χ1v) is 7.38. The summed E-state index contributed by atoms with van der Waals surface area (Å²) in [6.45, 7) is 2.85. The molecule has 2 atom stereocenters. The molecule has 1 N–H and O–H groups in total. The van der Waals surface area contributed by atoms with Crippen LogP contribution in [-0.4, -0.2) is 30.2 Å². The second-order valence-corrected chi connectivity index (χ2v) is 6.41. The van der Waals surface area contributed by atoms with Gasteiger partial charge in [0.15, 0.2) is 5.12 Å². The number of thioether (sulfide) groups is 1. The van der Waals surface area contributed by atoms with Crippen LogP contribution in [0.5, 0.6) is 0 Å². The Labute approximate surface area is 130 Å². The van der Waals surface area contributed by atoms with E-state index in [-0.39, 0.29) is 17.2 Å². The lowest BCUT2D eigenvalue weighted by Crippen LogP contribution is -2.41. The van der Waals surface area contributed by atoms with Gasteiger partial charge in [0.05, 0.1) is 6.54 Å². The van der Waals surface area contributed by atoms with E-state index >= 15 is 0 Å². The number of hydrogen-bond donors (Lipinski definition) is 1. The average Bonchev–Trinajstić information content (AvgIpc) is 2.90. The zero-order valence-corrected chi connectivity index (χ0v) is 12.8. The van der Waals surface area contributed by atoms with E-state index in [1.807, 2.05) is 0 Å². The lowest BCUT2D eigenvalue weighted by molar-refractivity contribution is -0.109. The highest BCUT2D eigenvalue weighted by molar-refractivity contribution is 8.14. The summed E-state index contributed by atoms with van der Waals surface area (Å²) < 4.78 is 28.6. The van der Waals surface area contributed by atoms with Gasteiger partial charge in [-0.3, -0.25) is 4.79 Å². The third-order valence-corrected chi connectivity index (χ3v) is 4.36. The number of carbonyl (C=O) groups excluding carboxylic acids is 1. The van der Waals surface area contributed by atoms with Gasteiger partial charge >= 0.3 is 0 Å². The molecular formula is C14H15F2N3O2S. The summed E-state index contributed by atoms with van der Waals surface area (Å²) in [6, 6.07) is 2.95. The summed E-state index contributed by atoms with van der Waals surface area (Å²) in [4.78, 5) is 15.1. The zero-order valence-electron chi connectivity index (χ0n) is 12.0. The normalized spacial score (nSPS) is 15.3. The SMILES string of the molecule is CC(=O)S[C@@H](C)[C@@](O)(Cn1cncn1)c1ccc(F)cc1F. The monoisotopic (exact) mass is 327 g/mol. The molecule has 0 saturated heterocycles. The van der Waals surface area contributed by atoms with Gasteiger partial charge in [-0.25, -0.2) is 18.4 Å². The van der Waals surface area contributed by atoms with Crippen LogP contribution < -0.4 is 0 Å². The molecule has 0 amide bonds. The molecule has 0 fully saturated rings. The minimum atomic E-state index is -1.75. The zero-order chi connectivity index (χ0) is 16.3. The van der Waals surface area contributed by atoms with Crippen LogP contribution in [0.15, 0.2) is 30.9 Å². The third-order valence-electron chi connectivity index (χ3n) is 3.28. The van der Waals surface area contributed by atoms with Gasteiger partial charge in [0.2, 0.25) is 0 Å². The predicted octanol–water partition coefficient (Wildman–Crippen LogP) is 2.11. The fourth-order valence-electron chi connectivity index (χ4n) is 2.18. The molecule has 0 spiro atoms. The Morgan fingerprint density at radius 2 is 2.23 bits per heavy atom. The standard InChI is InChI=1S/C14H15F2N3O2S/c1-9(22-10(2)20)14(21,6-19-8-17-7-18-19)12-4-3-11(15)5-13(12)16/h3-5,7-9,21H,6H2,1-2H3/t9-,14-/m0/s1. The highest BCUT2D eigenvalue weighted by Crippen LogP contribution is 2.36. The maximum absolute atomic E-state index is 14.1. The first-order chi connectivity index (χ1) is 10.3. The fourth-order valence-corrected chi connectivity index (χ4v) is 3.08. The van der Waals surface area contributed by atoms with Gasteiger partial charge in [-0.15, -0.1) is 0 Å². The van der Waals surface area contributed by atoms with Crippen molar-refractivity contribution in [1.29, 1.82) is 0 Å². The van der Waals surface area contributed by atoms with Crippen LogP contribution in [0.1, 0.15) is 19.4 Å². The Balaban J connectivity index is 2.45. The van der Waals surface area contributed by atoms with E-state index in [2.05, 4.69) is 10.1 Å². The number of aromatic nitrogens is 3. The number of benzene rings is 1. The van der Waals surface area contributed by atoms with E-state index in [4.69, 9.17) is 0 Å². The first kappa shape index (κ1) is 16.6. The molecule has 0 bridgehead atoms. The van der Waals surface area contributed by atoms with Crippen molar-refractivity contribution in [3.63, 3.8) is 0 Å². The molecule has 118 valence electrons. The molecule has 5 nitrogen and oxygen atoms in total. The molecule has 0 aliphatic rings. The Kier molecular flexibility index (Phi) is 4.92. The van der Waals surface area contributed by atoms with Gasteiger partial charge in [0.25, 0.3) is 0 Å². The Hall–Kier alpha value is -1.80. The summed E-state index contributed by atoms with van der Waals surface area (Å²) >= 11 is 0.880. The van der Waals surface area contributed by atoms with Crippen LogP contribution in [-0.2, 0) is 16.9 Å². The van der Waals surface area contributed by atoms with E-state index in [1.165, 1.54) is 30.3 Å². The Morgan fingerprint density at radius 1 is 1.50 bits per heavy atom. The molecule has 0 saturated carbocycles. The topological polar surface area (TPSA) is 68.0 Å². The fraction of sp³-hybridized carbons (Fsp3) is 0.357. The number of aliphatic hydroxyl groups is 1. The van der Waals surface area contributed by atoms with E-state index < -0.39 is 22.5 Å². The highest BCUT2D eigenvalue weighted by atomic mass is 32.2. The molecule has 0 aliphatic carbocycles. The van der Waals surface area contributed by atoms with Crippen molar-refractivity contribution in [2.24, 2.45) is 0 Å². The molecule has 8 heteroatoms. The van der Waals surface area contributed by atoms with Crippen LogP contribution >= 0.6 is 11.8 Å². The van der Waals surface area contributed by atoms with E-state index in [0.717, 1.165) is 17.8 Å². The molecule has 22 heavy (non-hydrogen) atoms. The van der Waals surface area contributed by atoms with Crippen LogP contribution in [0.25, 0.3) is 0 Å². The summed E-state index contributed by atoms with van der Waals surface area (Å²) in [7, 11) is 0. The van der Waals surface area contributed by atoms with Crippen LogP contribution in [0.2, 0.25) is 0 Å². The maximum atomic E-state index is 14.1. The first-order valence-electron chi connectivity index (χ1n) is 6.50. The van der Waals surface area contributed by atoms with E-state index in [9.17, 15) is 18.7 Å². The number of rotatable bonds is 5. The largest absolute Gasteiger partial charge is 0.382 e. The van der Waals surface area contributed by atoms with Gasteiger partial charge in [0.1, 0.15) is 29.9 Å². The molecule has 1 aromatic heterocycles. The molecule has 1 heterocycles. The lowest BCUT2D eigenvalue weighted by Gasteiger charge is -2.33. The number of hydrogen-bond acceptors (Lipinski definition) is 5. The average molecular weight is 327 g/mol. The van der Waals surface area contributed by atoms with Crippen molar-refractivity contribution in [2.45, 2.75) is 31.2 Å². The predicted molar refractivity (Wildman–Crippen MR) is 78.0 cm³/mol. The molecule has 2 rings (SSSR count). The summed E-state index contributed by atoms with van der Waals surface area (Å²) in [6.07, 6.45) is 2.65. The molecular weight excluding hydrogens is 312 g/mol.